The maximum Gasteiger partial charge on any atom is 0.266 e. The van der Waals surface area contributed by atoms with Crippen molar-refractivity contribution < 1.29 is 14.3 Å². The molecular formula is C24H30N4O3. The van der Waals surface area contributed by atoms with Gasteiger partial charge in [-0.1, -0.05) is 42.5 Å². The third-order valence-electron chi connectivity index (χ3n) is 5.76. The third kappa shape index (κ3) is 6.06. The van der Waals surface area contributed by atoms with Gasteiger partial charge in [0.25, 0.3) is 5.91 Å². The molecule has 2 aromatic carbocycles. The van der Waals surface area contributed by atoms with Crippen molar-refractivity contribution in [1.82, 2.24) is 15.1 Å². The summed E-state index contributed by atoms with van der Waals surface area (Å²) in [6, 6.07) is 17.8. The Morgan fingerprint density at radius 3 is 2.52 bits per heavy atom. The largest absolute Gasteiger partial charge is 0.478 e. The summed E-state index contributed by atoms with van der Waals surface area (Å²) in [6.07, 6.45) is 0.135. The standard InChI is InChI=1S/C24H30N4O3/c29-23(17-22-24(30)26-20-9-4-5-10-21(20)31-22)25-11-6-12-27-13-15-28(16-14-27)18-19-7-2-1-3-8-19/h1-5,7-10,22H,6,11-18H2,(H,25,29)(H,26,30)/t22-/m0/s1. The molecule has 1 atom stereocenters. The minimum atomic E-state index is -0.785. The first-order valence-electron chi connectivity index (χ1n) is 11.0. The van der Waals surface area contributed by atoms with E-state index in [2.05, 4.69) is 50.8 Å². The van der Waals surface area contributed by atoms with Crippen LogP contribution in [-0.2, 0) is 16.1 Å². The molecular weight excluding hydrogens is 392 g/mol. The number of hydrogen-bond donors (Lipinski definition) is 2. The fourth-order valence-electron chi connectivity index (χ4n) is 4.01. The van der Waals surface area contributed by atoms with Crippen LogP contribution < -0.4 is 15.4 Å². The van der Waals surface area contributed by atoms with Gasteiger partial charge in [0.2, 0.25) is 5.91 Å². The van der Waals surface area contributed by atoms with Crippen molar-refractivity contribution >= 4 is 17.5 Å². The van der Waals surface area contributed by atoms with E-state index >= 15 is 0 Å². The van der Waals surface area contributed by atoms with Gasteiger partial charge in [-0.15, -0.1) is 0 Å². The predicted molar refractivity (Wildman–Crippen MR) is 120 cm³/mol. The number of carbonyl (C=O) groups is 2. The molecule has 2 amide bonds. The van der Waals surface area contributed by atoms with Crippen molar-refractivity contribution in [2.45, 2.75) is 25.5 Å². The minimum Gasteiger partial charge on any atom is -0.478 e. The Kier molecular flexibility index (Phi) is 7.17. The zero-order chi connectivity index (χ0) is 21.5. The second-order valence-electron chi connectivity index (χ2n) is 8.10. The second kappa shape index (κ2) is 10.4. The zero-order valence-corrected chi connectivity index (χ0v) is 17.8. The van der Waals surface area contributed by atoms with Crippen LogP contribution in [0.25, 0.3) is 0 Å². The molecule has 2 N–H and O–H groups in total. The van der Waals surface area contributed by atoms with Crippen LogP contribution in [0, 0.1) is 0 Å². The number of carbonyl (C=O) groups excluding carboxylic acids is 2. The van der Waals surface area contributed by atoms with Crippen molar-refractivity contribution in [1.29, 1.82) is 0 Å². The van der Waals surface area contributed by atoms with Crippen LogP contribution in [0.1, 0.15) is 18.4 Å². The number of para-hydroxylation sites is 2. The molecule has 0 unspecified atom stereocenters. The summed E-state index contributed by atoms with van der Waals surface area (Å²) in [6.45, 7) is 6.81. The van der Waals surface area contributed by atoms with Crippen molar-refractivity contribution in [3.05, 3.63) is 60.2 Å². The molecule has 2 aromatic rings. The first-order valence-corrected chi connectivity index (χ1v) is 11.0. The fourth-order valence-corrected chi connectivity index (χ4v) is 4.01. The summed E-state index contributed by atoms with van der Waals surface area (Å²) in [7, 11) is 0. The Bertz CT molecular complexity index is 881. The average molecular weight is 423 g/mol. The smallest absolute Gasteiger partial charge is 0.266 e. The first kappa shape index (κ1) is 21.3. The van der Waals surface area contributed by atoms with Gasteiger partial charge in [0.05, 0.1) is 12.1 Å². The molecule has 164 valence electrons. The fraction of sp³-hybridized carbons (Fsp3) is 0.417. The maximum atomic E-state index is 12.2. The van der Waals surface area contributed by atoms with Crippen LogP contribution in [0.4, 0.5) is 5.69 Å². The molecule has 0 bridgehead atoms. The molecule has 31 heavy (non-hydrogen) atoms. The molecule has 0 radical (unpaired) electrons. The normalized spacial score (nSPS) is 19.2. The van der Waals surface area contributed by atoms with E-state index in [9.17, 15) is 9.59 Å². The second-order valence-corrected chi connectivity index (χ2v) is 8.10. The molecule has 2 aliphatic heterocycles. The number of rotatable bonds is 8. The van der Waals surface area contributed by atoms with Crippen LogP contribution in [0.2, 0.25) is 0 Å². The molecule has 7 nitrogen and oxygen atoms in total. The van der Waals surface area contributed by atoms with E-state index < -0.39 is 6.10 Å². The number of amides is 2. The van der Waals surface area contributed by atoms with Gasteiger partial charge in [-0.3, -0.25) is 14.5 Å². The number of piperazine rings is 1. The number of hydrogen-bond acceptors (Lipinski definition) is 5. The number of benzene rings is 2. The van der Waals surface area contributed by atoms with E-state index in [1.165, 1.54) is 5.56 Å². The Labute approximate surface area is 183 Å². The SMILES string of the molecule is O=C(C[C@@H]1Oc2ccccc2NC1=O)NCCCN1CCN(Cc2ccccc2)CC1. The van der Waals surface area contributed by atoms with E-state index in [4.69, 9.17) is 4.74 Å². The minimum absolute atomic E-state index is 0.0261. The van der Waals surface area contributed by atoms with Gasteiger partial charge in [-0.05, 0) is 30.7 Å². The lowest BCUT2D eigenvalue weighted by Crippen LogP contribution is -2.46. The molecule has 7 heteroatoms. The lowest BCUT2D eigenvalue weighted by Gasteiger charge is -2.34. The molecule has 1 saturated heterocycles. The third-order valence-corrected chi connectivity index (χ3v) is 5.76. The molecule has 2 aliphatic rings. The van der Waals surface area contributed by atoms with E-state index in [1.54, 1.807) is 12.1 Å². The van der Waals surface area contributed by atoms with E-state index in [0.29, 0.717) is 18.0 Å². The summed E-state index contributed by atoms with van der Waals surface area (Å²) in [5.41, 5.74) is 2.01. The molecule has 0 spiro atoms. The van der Waals surface area contributed by atoms with Crippen molar-refractivity contribution in [3.8, 4) is 5.75 Å². The van der Waals surface area contributed by atoms with Gasteiger partial charge in [0, 0.05) is 39.3 Å². The molecule has 1 fully saturated rings. The Morgan fingerprint density at radius 1 is 1.00 bits per heavy atom. The van der Waals surface area contributed by atoms with E-state index in [-0.39, 0.29) is 18.2 Å². The Balaban J connectivity index is 1.10. The zero-order valence-electron chi connectivity index (χ0n) is 17.8. The van der Waals surface area contributed by atoms with Gasteiger partial charge < -0.3 is 20.3 Å². The molecule has 4 rings (SSSR count). The predicted octanol–water partition coefficient (Wildman–Crippen LogP) is 2.10. The van der Waals surface area contributed by atoms with Crippen LogP contribution in [0.5, 0.6) is 5.75 Å². The lowest BCUT2D eigenvalue weighted by molar-refractivity contribution is -0.130. The van der Waals surface area contributed by atoms with Crippen LogP contribution in [0.3, 0.4) is 0 Å². The van der Waals surface area contributed by atoms with Crippen LogP contribution >= 0.6 is 0 Å². The molecule has 0 aromatic heterocycles. The molecule has 0 aliphatic carbocycles. The van der Waals surface area contributed by atoms with Crippen molar-refractivity contribution in [2.75, 3.05) is 44.6 Å². The Hall–Kier alpha value is -2.90. The van der Waals surface area contributed by atoms with Crippen LogP contribution in [-0.4, -0.2) is 67.0 Å². The van der Waals surface area contributed by atoms with E-state index in [0.717, 1.165) is 45.7 Å². The highest BCUT2D eigenvalue weighted by Crippen LogP contribution is 2.29. The van der Waals surface area contributed by atoms with Gasteiger partial charge in [0.1, 0.15) is 5.75 Å². The van der Waals surface area contributed by atoms with Gasteiger partial charge in [-0.2, -0.15) is 0 Å². The highest BCUT2D eigenvalue weighted by molar-refractivity contribution is 5.99. The number of ether oxygens (including phenoxy) is 1. The van der Waals surface area contributed by atoms with Crippen molar-refractivity contribution in [3.63, 3.8) is 0 Å². The number of nitrogens with one attached hydrogen (secondary N) is 2. The Morgan fingerprint density at radius 2 is 1.71 bits per heavy atom. The van der Waals surface area contributed by atoms with Gasteiger partial charge in [0.15, 0.2) is 6.10 Å². The average Bonchev–Trinajstić information content (AvgIpc) is 2.79. The summed E-state index contributed by atoms with van der Waals surface area (Å²) in [4.78, 5) is 29.3. The lowest BCUT2D eigenvalue weighted by atomic mass is 10.1. The quantitative estimate of drug-likeness (QED) is 0.638. The van der Waals surface area contributed by atoms with Crippen molar-refractivity contribution in [2.24, 2.45) is 0 Å². The summed E-state index contributed by atoms with van der Waals surface area (Å²) < 4.78 is 5.68. The molecule has 2 heterocycles. The number of nitrogens with zero attached hydrogens (tertiary/aromatic N) is 2. The summed E-state index contributed by atoms with van der Waals surface area (Å²) in [5, 5.41) is 5.71. The van der Waals surface area contributed by atoms with Gasteiger partial charge in [-0.25, -0.2) is 0 Å². The monoisotopic (exact) mass is 422 g/mol. The topological polar surface area (TPSA) is 73.9 Å². The van der Waals surface area contributed by atoms with Crippen LogP contribution in [0.15, 0.2) is 54.6 Å². The van der Waals surface area contributed by atoms with E-state index in [1.807, 2.05) is 12.1 Å². The highest BCUT2D eigenvalue weighted by atomic mass is 16.5. The number of anilines is 1. The first-order chi connectivity index (χ1) is 15.2. The van der Waals surface area contributed by atoms with Gasteiger partial charge >= 0.3 is 0 Å². The number of fused-ring (bicyclic) bond motifs is 1. The maximum absolute atomic E-state index is 12.2. The summed E-state index contributed by atoms with van der Waals surface area (Å²) in [5.74, 6) is 0.167. The molecule has 0 saturated carbocycles. The highest BCUT2D eigenvalue weighted by Gasteiger charge is 2.29. The summed E-state index contributed by atoms with van der Waals surface area (Å²) >= 11 is 0.